The predicted octanol–water partition coefficient (Wildman–Crippen LogP) is 4.97. The number of ether oxygens (including phenoxy) is 13. The zero-order valence-corrected chi connectivity index (χ0v) is 35.0. The minimum Gasteiger partial charge on any atom is -0.463 e. The highest BCUT2D eigenvalue weighted by Crippen LogP contribution is 2.11. The van der Waals surface area contributed by atoms with Gasteiger partial charge in [-0.25, -0.2) is 4.79 Å². The summed E-state index contributed by atoms with van der Waals surface area (Å²) in [4.78, 5) is 23.3. The van der Waals surface area contributed by atoms with Crippen LogP contribution in [0.5, 0.6) is 0 Å². The highest BCUT2D eigenvalue weighted by molar-refractivity contribution is 5.71. The van der Waals surface area contributed by atoms with Crippen LogP contribution in [0.15, 0.2) is 0 Å². The molecule has 0 saturated heterocycles. The second kappa shape index (κ2) is 43.6. The molecule has 0 aromatic rings. The Morgan fingerprint density at radius 2 is 0.618 bits per heavy atom. The van der Waals surface area contributed by atoms with Gasteiger partial charge in [0.15, 0.2) is 0 Å². The highest BCUT2D eigenvalue weighted by atomic mass is 16.6. The van der Waals surface area contributed by atoms with Crippen LogP contribution in [0.25, 0.3) is 0 Å². The zero-order valence-electron chi connectivity index (χ0n) is 35.0. The third-order valence-corrected chi connectivity index (χ3v) is 7.34. The van der Waals surface area contributed by atoms with Gasteiger partial charge >= 0.3 is 11.9 Å². The molecule has 15 heteroatoms. The Kier molecular flexibility index (Phi) is 42.4. The molecule has 0 rings (SSSR count). The first-order chi connectivity index (χ1) is 26.8. The van der Waals surface area contributed by atoms with Crippen LogP contribution in [0.2, 0.25) is 0 Å². The number of hydrogen-bond donors (Lipinski definition) is 0. The Morgan fingerprint density at radius 1 is 0.345 bits per heavy atom. The number of carbonyl (C=O) groups is 2. The molecule has 0 saturated carbocycles. The molecule has 0 aromatic heterocycles. The molecule has 0 spiro atoms. The van der Waals surface area contributed by atoms with Gasteiger partial charge in [0, 0.05) is 6.42 Å². The summed E-state index contributed by atoms with van der Waals surface area (Å²) < 4.78 is 70.3. The molecule has 0 aromatic carbocycles. The summed E-state index contributed by atoms with van der Waals surface area (Å²) in [5, 5.41) is 0. The molecule has 0 unspecified atom stereocenters. The molecule has 0 aliphatic heterocycles. The standard InChI is InChI=1S/C40H78O15/c1-5-6-7-8-9-10-11-12-13-14-38(41)54-36-35-52-32-31-50-28-27-48-24-23-46-20-19-44-16-15-43-17-18-45-21-22-47-25-26-49-29-30-51-33-34-53-37-39(42)55-40(2,3)4/h5-37H2,1-4H3. The summed E-state index contributed by atoms with van der Waals surface area (Å²) in [7, 11) is 0. The first-order valence-corrected chi connectivity index (χ1v) is 20.6. The summed E-state index contributed by atoms with van der Waals surface area (Å²) >= 11 is 0. The Hall–Kier alpha value is -1.50. The lowest BCUT2D eigenvalue weighted by molar-refractivity contribution is -0.160. The summed E-state index contributed by atoms with van der Waals surface area (Å²) in [5.74, 6) is -0.530. The third-order valence-electron chi connectivity index (χ3n) is 7.34. The van der Waals surface area contributed by atoms with E-state index in [0.29, 0.717) is 145 Å². The molecule has 0 heterocycles. The van der Waals surface area contributed by atoms with Gasteiger partial charge in [0.05, 0.1) is 139 Å². The van der Waals surface area contributed by atoms with E-state index in [1.54, 1.807) is 0 Å². The molecule has 0 amide bonds. The van der Waals surface area contributed by atoms with Crippen molar-refractivity contribution in [2.45, 2.75) is 97.5 Å². The van der Waals surface area contributed by atoms with Crippen LogP contribution < -0.4 is 0 Å². The van der Waals surface area contributed by atoms with E-state index in [-0.39, 0.29) is 25.2 Å². The minimum atomic E-state index is -0.515. The predicted molar refractivity (Wildman–Crippen MR) is 208 cm³/mol. The number of esters is 2. The molecule has 0 bridgehead atoms. The van der Waals surface area contributed by atoms with Gasteiger partial charge in [-0.3, -0.25) is 4.79 Å². The molecule has 0 fully saturated rings. The fourth-order valence-electron chi connectivity index (χ4n) is 4.59. The molecule has 328 valence electrons. The fraction of sp³-hybridized carbons (Fsp3) is 0.950. The van der Waals surface area contributed by atoms with Crippen LogP contribution in [0, 0.1) is 0 Å². The molecular weight excluding hydrogens is 720 g/mol. The van der Waals surface area contributed by atoms with Gasteiger partial charge in [-0.15, -0.1) is 0 Å². The Balaban J connectivity index is 3.14. The van der Waals surface area contributed by atoms with Crippen molar-refractivity contribution in [2.75, 3.05) is 152 Å². The Labute approximate surface area is 332 Å². The first kappa shape index (κ1) is 53.5. The van der Waals surface area contributed by atoms with Gasteiger partial charge in [-0.1, -0.05) is 58.3 Å². The van der Waals surface area contributed by atoms with Crippen LogP contribution in [0.4, 0.5) is 0 Å². The lowest BCUT2D eigenvalue weighted by atomic mass is 10.1. The number of rotatable bonds is 45. The van der Waals surface area contributed by atoms with Crippen molar-refractivity contribution >= 4 is 11.9 Å². The fourth-order valence-corrected chi connectivity index (χ4v) is 4.59. The zero-order chi connectivity index (χ0) is 40.2. The number of unbranched alkanes of at least 4 members (excludes halogenated alkanes) is 8. The highest BCUT2D eigenvalue weighted by Gasteiger charge is 2.15. The molecule has 0 radical (unpaired) electrons. The second-order valence-electron chi connectivity index (χ2n) is 13.6. The van der Waals surface area contributed by atoms with Crippen LogP contribution in [-0.4, -0.2) is 169 Å². The molecule has 0 N–H and O–H groups in total. The molecule has 0 aliphatic rings. The molecule has 55 heavy (non-hydrogen) atoms. The monoisotopic (exact) mass is 799 g/mol. The van der Waals surface area contributed by atoms with Crippen molar-refractivity contribution in [2.24, 2.45) is 0 Å². The average Bonchev–Trinajstić information content (AvgIpc) is 3.15. The van der Waals surface area contributed by atoms with E-state index in [1.807, 2.05) is 20.8 Å². The van der Waals surface area contributed by atoms with E-state index in [1.165, 1.54) is 44.9 Å². The van der Waals surface area contributed by atoms with Crippen LogP contribution in [0.1, 0.15) is 91.9 Å². The topological polar surface area (TPSA) is 154 Å². The summed E-state index contributed by atoms with van der Waals surface area (Å²) in [5.41, 5.74) is -0.515. The normalized spacial score (nSPS) is 11.7. The van der Waals surface area contributed by atoms with Crippen molar-refractivity contribution in [1.82, 2.24) is 0 Å². The van der Waals surface area contributed by atoms with Crippen molar-refractivity contribution in [3.05, 3.63) is 0 Å². The van der Waals surface area contributed by atoms with Gasteiger partial charge in [-0.2, -0.15) is 0 Å². The molecular formula is C40H78O15. The molecule has 0 atom stereocenters. The quantitative estimate of drug-likeness (QED) is 0.0601. The Morgan fingerprint density at radius 3 is 0.927 bits per heavy atom. The van der Waals surface area contributed by atoms with E-state index >= 15 is 0 Å². The lowest BCUT2D eigenvalue weighted by Crippen LogP contribution is -2.27. The van der Waals surface area contributed by atoms with Crippen LogP contribution in [0.3, 0.4) is 0 Å². The smallest absolute Gasteiger partial charge is 0.332 e. The maximum atomic E-state index is 11.8. The summed E-state index contributed by atoms with van der Waals surface area (Å²) in [6, 6.07) is 0. The van der Waals surface area contributed by atoms with E-state index in [9.17, 15) is 9.59 Å². The van der Waals surface area contributed by atoms with Gasteiger partial charge in [-0.05, 0) is 27.2 Å². The summed E-state index contributed by atoms with van der Waals surface area (Å²) in [6.45, 7) is 17.5. The van der Waals surface area contributed by atoms with Crippen molar-refractivity contribution < 1.29 is 71.2 Å². The average molecular weight is 799 g/mol. The maximum Gasteiger partial charge on any atom is 0.332 e. The maximum absolute atomic E-state index is 11.8. The lowest BCUT2D eigenvalue weighted by Gasteiger charge is -2.19. The van der Waals surface area contributed by atoms with E-state index in [0.717, 1.165) is 12.8 Å². The first-order valence-electron chi connectivity index (χ1n) is 20.6. The number of hydrogen-bond acceptors (Lipinski definition) is 15. The van der Waals surface area contributed by atoms with Crippen LogP contribution >= 0.6 is 0 Å². The van der Waals surface area contributed by atoms with Gasteiger partial charge < -0.3 is 61.6 Å². The van der Waals surface area contributed by atoms with Gasteiger partial charge in [0.25, 0.3) is 0 Å². The molecule has 15 nitrogen and oxygen atoms in total. The van der Waals surface area contributed by atoms with Gasteiger partial charge in [0.1, 0.15) is 18.8 Å². The number of carbonyl (C=O) groups excluding carboxylic acids is 2. The SMILES string of the molecule is CCCCCCCCCCCC(=O)OCCOCCOCCOCCOCCOCCOCCOCCOCCOCCOCCOCC(=O)OC(C)(C)C. The Bertz CT molecular complexity index is 797. The van der Waals surface area contributed by atoms with Crippen molar-refractivity contribution in [3.8, 4) is 0 Å². The summed E-state index contributed by atoms with van der Waals surface area (Å²) in [6.07, 6.45) is 11.6. The van der Waals surface area contributed by atoms with E-state index < -0.39 is 5.60 Å². The third kappa shape index (κ3) is 48.6. The van der Waals surface area contributed by atoms with E-state index in [4.69, 9.17) is 61.6 Å². The van der Waals surface area contributed by atoms with Gasteiger partial charge in [0.2, 0.25) is 0 Å². The minimum absolute atomic E-state index is 0.0864. The van der Waals surface area contributed by atoms with Crippen LogP contribution in [-0.2, 0) is 71.2 Å². The second-order valence-corrected chi connectivity index (χ2v) is 13.6. The molecule has 0 aliphatic carbocycles. The van der Waals surface area contributed by atoms with Crippen molar-refractivity contribution in [1.29, 1.82) is 0 Å². The van der Waals surface area contributed by atoms with E-state index in [2.05, 4.69) is 6.92 Å². The van der Waals surface area contributed by atoms with Crippen molar-refractivity contribution in [3.63, 3.8) is 0 Å². The largest absolute Gasteiger partial charge is 0.463 e.